The number of hydrogen-bond donors (Lipinski definition) is 2. The van der Waals surface area contributed by atoms with E-state index in [1.165, 1.54) is 11.1 Å². The van der Waals surface area contributed by atoms with Gasteiger partial charge in [-0.1, -0.05) is 33.8 Å². The van der Waals surface area contributed by atoms with Crippen LogP contribution in [0.3, 0.4) is 0 Å². The van der Waals surface area contributed by atoms with Gasteiger partial charge in [0.05, 0.1) is 6.61 Å². The number of phenols is 1. The first-order valence-corrected chi connectivity index (χ1v) is 10.3. The molecule has 0 aliphatic heterocycles. The maximum Gasteiger partial charge on any atom is 0.171 e. The molecule has 0 amide bonds. The number of ether oxygens (including phenoxy) is 1. The topological polar surface area (TPSA) is 49.7 Å². The molecule has 0 aromatic heterocycles. The summed E-state index contributed by atoms with van der Waals surface area (Å²) in [4.78, 5) is 0. The van der Waals surface area contributed by atoms with Crippen LogP contribution in [-0.2, 0) is 11.2 Å². The second-order valence-electron chi connectivity index (χ2n) is 10.4. The minimum atomic E-state index is -0.981. The van der Waals surface area contributed by atoms with Gasteiger partial charge in [0.15, 0.2) is 5.79 Å². The minimum Gasteiger partial charge on any atom is -0.508 e. The zero-order chi connectivity index (χ0) is 18.7. The Hall–Kier alpha value is -1.06. The van der Waals surface area contributed by atoms with Gasteiger partial charge in [-0.05, 0) is 78.5 Å². The average molecular weight is 359 g/mol. The van der Waals surface area contributed by atoms with E-state index in [1.54, 1.807) is 0 Å². The molecule has 0 saturated heterocycles. The van der Waals surface area contributed by atoms with Crippen LogP contribution in [0, 0.1) is 22.7 Å². The highest BCUT2D eigenvalue weighted by Gasteiger charge is 2.62. The summed E-state index contributed by atoms with van der Waals surface area (Å²) in [5.41, 5.74) is 2.68. The molecule has 5 atom stereocenters. The van der Waals surface area contributed by atoms with Crippen molar-refractivity contribution >= 4 is 0 Å². The lowest BCUT2D eigenvalue weighted by molar-refractivity contribution is -0.280. The number of aliphatic hydroxyl groups is 1. The summed E-state index contributed by atoms with van der Waals surface area (Å²) in [5.74, 6) is 1.12. The predicted molar refractivity (Wildman–Crippen MR) is 103 cm³/mol. The van der Waals surface area contributed by atoms with Gasteiger partial charge in [-0.3, -0.25) is 0 Å². The summed E-state index contributed by atoms with van der Waals surface area (Å²) in [5, 5.41) is 21.3. The second kappa shape index (κ2) is 5.97. The first kappa shape index (κ1) is 18.3. The molecule has 4 rings (SSSR count). The third-order valence-electron chi connectivity index (χ3n) is 7.53. The maximum absolute atomic E-state index is 11.5. The summed E-state index contributed by atoms with van der Waals surface area (Å²) in [7, 11) is 0. The number of phenolic OH excluding ortho intramolecular Hbond substituents is 1. The molecular formula is C23H34O3. The maximum atomic E-state index is 11.5. The van der Waals surface area contributed by atoms with E-state index < -0.39 is 5.79 Å². The Morgan fingerprint density at radius 1 is 1.15 bits per heavy atom. The van der Waals surface area contributed by atoms with Crippen LogP contribution in [0.4, 0.5) is 0 Å². The number of benzene rings is 1. The molecule has 144 valence electrons. The number of fused-ring (bicyclic) bond motifs is 5. The van der Waals surface area contributed by atoms with Crippen molar-refractivity contribution in [1.82, 2.24) is 0 Å². The molecule has 0 heterocycles. The largest absolute Gasteiger partial charge is 0.508 e. The average Bonchev–Trinajstić information content (AvgIpc) is 2.84. The standard InChI is InChI=1S/C23H34O3/c1-21(2,3)14-26-23(25)12-10-20-19-7-5-15-13-16(24)6-8-17(15)18(19)9-11-22(20,23)4/h6,8,13,18-20,24-25H,5,7,9-12,14H2,1-4H3/t18?,19?,20-,22-,23?/m0/s1. The lowest BCUT2D eigenvalue weighted by Crippen LogP contribution is -2.52. The van der Waals surface area contributed by atoms with Crippen molar-refractivity contribution in [2.24, 2.45) is 22.7 Å². The molecule has 2 N–H and O–H groups in total. The van der Waals surface area contributed by atoms with Crippen LogP contribution in [0.25, 0.3) is 0 Å². The molecule has 0 radical (unpaired) electrons. The smallest absolute Gasteiger partial charge is 0.171 e. The molecule has 1 aromatic rings. The molecule has 2 fully saturated rings. The van der Waals surface area contributed by atoms with Crippen molar-refractivity contribution in [3.63, 3.8) is 0 Å². The summed E-state index contributed by atoms with van der Waals surface area (Å²) in [6, 6.07) is 5.94. The SMILES string of the molecule is CC(C)(C)COC1(O)CC[C@H]2C3CCc4cc(O)ccc4C3CC[C@@]21C. The van der Waals surface area contributed by atoms with Gasteiger partial charge in [0, 0.05) is 11.8 Å². The number of aryl methyl sites for hydroxylation is 1. The van der Waals surface area contributed by atoms with Gasteiger partial charge in [0.25, 0.3) is 0 Å². The van der Waals surface area contributed by atoms with Gasteiger partial charge in [0.1, 0.15) is 5.75 Å². The van der Waals surface area contributed by atoms with Crippen LogP contribution >= 0.6 is 0 Å². The molecule has 0 spiro atoms. The number of hydrogen-bond acceptors (Lipinski definition) is 3. The molecular weight excluding hydrogens is 324 g/mol. The Balaban J connectivity index is 1.59. The summed E-state index contributed by atoms with van der Waals surface area (Å²) in [6.07, 6.45) is 6.15. The Bertz CT molecular complexity index is 691. The van der Waals surface area contributed by atoms with Crippen molar-refractivity contribution < 1.29 is 14.9 Å². The van der Waals surface area contributed by atoms with Crippen LogP contribution in [-0.4, -0.2) is 22.6 Å². The van der Waals surface area contributed by atoms with Crippen molar-refractivity contribution in [3.8, 4) is 5.75 Å². The Morgan fingerprint density at radius 3 is 2.65 bits per heavy atom. The van der Waals surface area contributed by atoms with E-state index in [-0.39, 0.29) is 10.8 Å². The minimum absolute atomic E-state index is 0.0627. The molecule has 3 heteroatoms. The van der Waals surface area contributed by atoms with E-state index in [1.807, 2.05) is 12.1 Å². The molecule has 3 unspecified atom stereocenters. The van der Waals surface area contributed by atoms with Crippen LogP contribution in [0.5, 0.6) is 5.75 Å². The highest BCUT2D eigenvalue weighted by atomic mass is 16.6. The van der Waals surface area contributed by atoms with E-state index in [4.69, 9.17) is 4.74 Å². The number of rotatable bonds is 2. The molecule has 2 saturated carbocycles. The Morgan fingerprint density at radius 2 is 1.92 bits per heavy atom. The van der Waals surface area contributed by atoms with Crippen molar-refractivity contribution in [2.75, 3.05) is 6.61 Å². The normalized spacial score (nSPS) is 39.2. The molecule has 3 nitrogen and oxygen atoms in total. The zero-order valence-electron chi connectivity index (χ0n) is 16.7. The van der Waals surface area contributed by atoms with Crippen LogP contribution < -0.4 is 0 Å². The predicted octanol–water partition coefficient (Wildman–Crippen LogP) is 5.00. The van der Waals surface area contributed by atoms with E-state index in [2.05, 4.69) is 33.8 Å². The zero-order valence-corrected chi connectivity index (χ0v) is 16.7. The summed E-state index contributed by atoms with van der Waals surface area (Å²) < 4.78 is 6.21. The van der Waals surface area contributed by atoms with Crippen LogP contribution in [0.1, 0.15) is 76.8 Å². The summed E-state index contributed by atoms with van der Waals surface area (Å²) >= 11 is 0. The van der Waals surface area contributed by atoms with Gasteiger partial charge >= 0.3 is 0 Å². The van der Waals surface area contributed by atoms with E-state index in [0.717, 1.165) is 38.5 Å². The summed E-state index contributed by atoms with van der Waals surface area (Å²) in [6.45, 7) is 9.36. The van der Waals surface area contributed by atoms with Gasteiger partial charge in [-0.15, -0.1) is 0 Å². The quantitative estimate of drug-likeness (QED) is 0.732. The molecule has 1 aromatic carbocycles. The molecule has 3 aliphatic rings. The lowest BCUT2D eigenvalue weighted by Gasteiger charge is -2.53. The van der Waals surface area contributed by atoms with Gasteiger partial charge in [-0.2, -0.15) is 0 Å². The molecule has 3 aliphatic carbocycles. The van der Waals surface area contributed by atoms with Crippen molar-refractivity contribution in [2.45, 2.75) is 77.9 Å². The van der Waals surface area contributed by atoms with E-state index in [0.29, 0.717) is 30.1 Å². The van der Waals surface area contributed by atoms with Gasteiger partial charge in [0.2, 0.25) is 0 Å². The van der Waals surface area contributed by atoms with E-state index >= 15 is 0 Å². The second-order valence-corrected chi connectivity index (χ2v) is 10.4. The van der Waals surface area contributed by atoms with Crippen LogP contribution in [0.2, 0.25) is 0 Å². The van der Waals surface area contributed by atoms with Crippen LogP contribution in [0.15, 0.2) is 18.2 Å². The molecule has 0 bridgehead atoms. The fraction of sp³-hybridized carbons (Fsp3) is 0.739. The highest BCUT2D eigenvalue weighted by molar-refractivity contribution is 5.40. The Kier molecular flexibility index (Phi) is 4.20. The van der Waals surface area contributed by atoms with Crippen molar-refractivity contribution in [3.05, 3.63) is 29.3 Å². The van der Waals surface area contributed by atoms with Gasteiger partial charge in [-0.25, -0.2) is 0 Å². The third-order valence-corrected chi connectivity index (χ3v) is 7.53. The van der Waals surface area contributed by atoms with E-state index in [9.17, 15) is 10.2 Å². The lowest BCUT2D eigenvalue weighted by atomic mass is 9.55. The Labute approximate surface area is 157 Å². The van der Waals surface area contributed by atoms with Gasteiger partial charge < -0.3 is 14.9 Å². The third kappa shape index (κ3) is 2.79. The first-order chi connectivity index (χ1) is 12.1. The fourth-order valence-electron chi connectivity index (χ4n) is 6.12. The number of aromatic hydroxyl groups is 1. The molecule has 26 heavy (non-hydrogen) atoms. The van der Waals surface area contributed by atoms with Crippen molar-refractivity contribution in [1.29, 1.82) is 0 Å². The monoisotopic (exact) mass is 358 g/mol. The fourth-order valence-corrected chi connectivity index (χ4v) is 6.12. The first-order valence-electron chi connectivity index (χ1n) is 10.3. The highest BCUT2D eigenvalue weighted by Crippen LogP contribution is 2.64.